The predicted octanol–water partition coefficient (Wildman–Crippen LogP) is 2.53. The molecule has 1 aromatic carbocycles. The van der Waals surface area contributed by atoms with Crippen LogP contribution in [0.2, 0.25) is 0 Å². The van der Waals surface area contributed by atoms with Gasteiger partial charge >= 0.3 is 0 Å². The van der Waals surface area contributed by atoms with Crippen molar-refractivity contribution >= 4 is 29.9 Å². The molecule has 4 nitrogen and oxygen atoms in total. The standard InChI is InChI=1S/C14H23N3O.HI/c1-2-3-9-16-14(15)17-10-11-18-12-13-7-5-4-6-8-13;/h4-8H,2-3,9-12H2,1H3,(H3,15,16,17);1H. The number of aliphatic imine (C=N–C) groups is 1. The fourth-order valence-corrected chi connectivity index (χ4v) is 1.43. The first-order valence-corrected chi connectivity index (χ1v) is 6.48. The van der Waals surface area contributed by atoms with E-state index in [2.05, 4.69) is 17.2 Å². The van der Waals surface area contributed by atoms with Crippen molar-refractivity contribution in [3.05, 3.63) is 35.9 Å². The van der Waals surface area contributed by atoms with Gasteiger partial charge in [-0.15, -0.1) is 24.0 Å². The number of hydrogen-bond acceptors (Lipinski definition) is 2. The SMILES string of the molecule is CCCCN=C(N)NCCOCc1ccccc1.I. The Hall–Kier alpha value is -0.820. The van der Waals surface area contributed by atoms with E-state index in [4.69, 9.17) is 10.5 Å². The third-order valence-corrected chi connectivity index (χ3v) is 2.46. The molecule has 108 valence electrons. The highest BCUT2D eigenvalue weighted by molar-refractivity contribution is 14.0. The highest BCUT2D eigenvalue weighted by atomic mass is 127. The highest BCUT2D eigenvalue weighted by Crippen LogP contribution is 1.99. The van der Waals surface area contributed by atoms with Crippen molar-refractivity contribution in [2.45, 2.75) is 26.4 Å². The van der Waals surface area contributed by atoms with Gasteiger partial charge in [-0.25, -0.2) is 0 Å². The van der Waals surface area contributed by atoms with E-state index in [9.17, 15) is 0 Å². The smallest absolute Gasteiger partial charge is 0.188 e. The molecule has 0 aliphatic rings. The molecule has 19 heavy (non-hydrogen) atoms. The van der Waals surface area contributed by atoms with Gasteiger partial charge in [-0.2, -0.15) is 0 Å². The summed E-state index contributed by atoms with van der Waals surface area (Å²) < 4.78 is 5.52. The minimum absolute atomic E-state index is 0. The Balaban J connectivity index is 0.00000324. The summed E-state index contributed by atoms with van der Waals surface area (Å²) in [7, 11) is 0. The lowest BCUT2D eigenvalue weighted by Gasteiger charge is -2.06. The van der Waals surface area contributed by atoms with Crippen molar-refractivity contribution in [1.82, 2.24) is 5.32 Å². The molecule has 0 atom stereocenters. The van der Waals surface area contributed by atoms with Crippen molar-refractivity contribution in [1.29, 1.82) is 0 Å². The summed E-state index contributed by atoms with van der Waals surface area (Å²) in [5.41, 5.74) is 6.87. The largest absolute Gasteiger partial charge is 0.375 e. The topological polar surface area (TPSA) is 59.6 Å². The molecule has 0 aliphatic heterocycles. The number of ether oxygens (including phenoxy) is 1. The predicted molar refractivity (Wildman–Crippen MR) is 90.9 cm³/mol. The lowest BCUT2D eigenvalue weighted by atomic mass is 10.2. The summed E-state index contributed by atoms with van der Waals surface area (Å²) in [6.45, 7) is 4.87. The molecule has 0 heterocycles. The number of nitrogens with two attached hydrogens (primary N) is 1. The van der Waals surface area contributed by atoms with Gasteiger partial charge in [-0.1, -0.05) is 43.7 Å². The first-order valence-electron chi connectivity index (χ1n) is 6.48. The van der Waals surface area contributed by atoms with Gasteiger partial charge < -0.3 is 15.8 Å². The van der Waals surface area contributed by atoms with Gasteiger partial charge in [0.15, 0.2) is 5.96 Å². The first kappa shape index (κ1) is 18.2. The summed E-state index contributed by atoms with van der Waals surface area (Å²) in [6.07, 6.45) is 2.21. The average molecular weight is 377 g/mol. The van der Waals surface area contributed by atoms with E-state index in [-0.39, 0.29) is 24.0 Å². The van der Waals surface area contributed by atoms with Gasteiger partial charge in [-0.05, 0) is 12.0 Å². The van der Waals surface area contributed by atoms with Crippen LogP contribution in [0.1, 0.15) is 25.3 Å². The van der Waals surface area contributed by atoms with E-state index in [0.29, 0.717) is 25.7 Å². The van der Waals surface area contributed by atoms with Crippen molar-refractivity contribution < 1.29 is 4.74 Å². The van der Waals surface area contributed by atoms with Gasteiger partial charge in [0.1, 0.15) is 0 Å². The maximum Gasteiger partial charge on any atom is 0.188 e. The summed E-state index contributed by atoms with van der Waals surface area (Å²) in [5.74, 6) is 0.506. The number of nitrogens with one attached hydrogen (secondary N) is 1. The molecule has 0 saturated heterocycles. The molecule has 0 aliphatic carbocycles. The second-order valence-corrected chi connectivity index (χ2v) is 4.09. The molecule has 1 rings (SSSR count). The minimum Gasteiger partial charge on any atom is -0.375 e. The van der Waals surface area contributed by atoms with Crippen molar-refractivity contribution in [3.8, 4) is 0 Å². The third-order valence-electron chi connectivity index (χ3n) is 2.46. The van der Waals surface area contributed by atoms with Crippen LogP contribution in [0, 0.1) is 0 Å². The van der Waals surface area contributed by atoms with E-state index in [0.717, 1.165) is 19.4 Å². The van der Waals surface area contributed by atoms with Crippen molar-refractivity contribution in [2.75, 3.05) is 19.7 Å². The quantitative estimate of drug-likeness (QED) is 0.317. The summed E-state index contributed by atoms with van der Waals surface area (Å²) in [4.78, 5) is 4.20. The van der Waals surface area contributed by atoms with Crippen LogP contribution in [0.5, 0.6) is 0 Å². The minimum atomic E-state index is 0. The number of hydrogen-bond donors (Lipinski definition) is 2. The molecule has 0 radical (unpaired) electrons. The van der Waals surface area contributed by atoms with Gasteiger partial charge in [0, 0.05) is 13.1 Å². The van der Waals surface area contributed by atoms with Crippen LogP contribution in [0.4, 0.5) is 0 Å². The van der Waals surface area contributed by atoms with Crippen LogP contribution < -0.4 is 11.1 Å². The summed E-state index contributed by atoms with van der Waals surface area (Å²) >= 11 is 0. The molecule has 5 heteroatoms. The Morgan fingerprint density at radius 1 is 1.32 bits per heavy atom. The fourth-order valence-electron chi connectivity index (χ4n) is 1.43. The maximum absolute atomic E-state index is 5.69. The Morgan fingerprint density at radius 3 is 2.74 bits per heavy atom. The van der Waals surface area contributed by atoms with Crippen LogP contribution in [-0.2, 0) is 11.3 Å². The highest BCUT2D eigenvalue weighted by Gasteiger charge is 1.93. The van der Waals surface area contributed by atoms with Gasteiger partial charge in [-0.3, -0.25) is 4.99 Å². The van der Waals surface area contributed by atoms with Gasteiger partial charge in [0.2, 0.25) is 0 Å². The van der Waals surface area contributed by atoms with Crippen molar-refractivity contribution in [2.24, 2.45) is 10.7 Å². The van der Waals surface area contributed by atoms with Crippen LogP contribution in [-0.4, -0.2) is 25.7 Å². The van der Waals surface area contributed by atoms with E-state index in [1.165, 1.54) is 5.56 Å². The Bertz CT molecular complexity index is 344. The van der Waals surface area contributed by atoms with Crippen LogP contribution >= 0.6 is 24.0 Å². The lowest BCUT2D eigenvalue weighted by Crippen LogP contribution is -2.34. The van der Waals surface area contributed by atoms with E-state index >= 15 is 0 Å². The zero-order chi connectivity index (χ0) is 13.1. The van der Waals surface area contributed by atoms with Crippen LogP contribution in [0.25, 0.3) is 0 Å². The molecule has 0 spiro atoms. The zero-order valence-electron chi connectivity index (χ0n) is 11.5. The molecule has 0 bridgehead atoms. The number of nitrogens with zero attached hydrogens (tertiary/aromatic N) is 1. The monoisotopic (exact) mass is 377 g/mol. The van der Waals surface area contributed by atoms with Gasteiger partial charge in [0.05, 0.1) is 13.2 Å². The maximum atomic E-state index is 5.69. The summed E-state index contributed by atoms with van der Waals surface area (Å²) in [6, 6.07) is 10.1. The Morgan fingerprint density at radius 2 is 2.05 bits per heavy atom. The normalized spacial score (nSPS) is 10.9. The number of benzene rings is 1. The average Bonchev–Trinajstić information content (AvgIpc) is 2.40. The number of rotatable bonds is 8. The Kier molecular flexibility index (Phi) is 11.7. The number of halogens is 1. The molecule has 0 fully saturated rings. The van der Waals surface area contributed by atoms with Crippen LogP contribution in [0.3, 0.4) is 0 Å². The fraction of sp³-hybridized carbons (Fsp3) is 0.500. The molecule has 0 amide bonds. The molecule has 0 unspecified atom stereocenters. The zero-order valence-corrected chi connectivity index (χ0v) is 13.8. The summed E-state index contributed by atoms with van der Waals surface area (Å²) in [5, 5.41) is 3.03. The van der Waals surface area contributed by atoms with Gasteiger partial charge in [0.25, 0.3) is 0 Å². The Labute approximate surface area is 132 Å². The lowest BCUT2D eigenvalue weighted by molar-refractivity contribution is 0.125. The first-order chi connectivity index (χ1) is 8.83. The van der Waals surface area contributed by atoms with E-state index < -0.39 is 0 Å². The number of guanidine groups is 1. The van der Waals surface area contributed by atoms with Crippen molar-refractivity contribution in [3.63, 3.8) is 0 Å². The van der Waals surface area contributed by atoms with Crippen LogP contribution in [0.15, 0.2) is 35.3 Å². The molecule has 1 aromatic rings. The third kappa shape index (κ3) is 9.72. The van der Waals surface area contributed by atoms with E-state index in [1.807, 2.05) is 30.3 Å². The second kappa shape index (κ2) is 12.2. The van der Waals surface area contributed by atoms with E-state index in [1.54, 1.807) is 0 Å². The molecular weight excluding hydrogens is 353 g/mol. The second-order valence-electron chi connectivity index (χ2n) is 4.09. The molecule has 0 aromatic heterocycles. The molecule has 0 saturated carbocycles. The molecular formula is C14H24IN3O. The number of unbranched alkanes of at least 4 members (excludes halogenated alkanes) is 1. The molecule has 3 N–H and O–H groups in total.